The Morgan fingerprint density at radius 3 is 2.39 bits per heavy atom. The summed E-state index contributed by atoms with van der Waals surface area (Å²) in [5.74, 6) is 0.484. The molecular formula is C21H20O7. The van der Waals surface area contributed by atoms with Crippen molar-refractivity contribution in [1.29, 1.82) is 0 Å². The van der Waals surface area contributed by atoms with Crippen molar-refractivity contribution in [3.8, 4) is 28.6 Å². The van der Waals surface area contributed by atoms with E-state index >= 15 is 0 Å². The first-order chi connectivity index (χ1) is 13.5. The number of para-hydroxylation sites is 1. The van der Waals surface area contributed by atoms with Crippen LogP contribution in [0.2, 0.25) is 0 Å². The summed E-state index contributed by atoms with van der Waals surface area (Å²) in [6.07, 6.45) is -0.993. The minimum Gasteiger partial charge on any atom is -0.493 e. The van der Waals surface area contributed by atoms with Crippen LogP contribution in [0.3, 0.4) is 0 Å². The standard InChI is InChI=1S/C21H20O7/c1-12(21(23)26-4)27-20-18(22)14-7-5-6-8-15(14)28-19(20)13-9-10-16(24-2)17(11-13)25-3/h5-12H,1-4H3/t12-/m1/s1. The summed E-state index contributed by atoms with van der Waals surface area (Å²) in [4.78, 5) is 24.9. The quantitative estimate of drug-likeness (QED) is 0.602. The van der Waals surface area contributed by atoms with E-state index in [-0.39, 0.29) is 16.9 Å². The molecule has 2 aromatic carbocycles. The topological polar surface area (TPSA) is 84.2 Å². The highest BCUT2D eigenvalue weighted by atomic mass is 16.6. The first-order valence-electron chi connectivity index (χ1n) is 8.52. The van der Waals surface area contributed by atoms with E-state index in [1.165, 1.54) is 28.3 Å². The van der Waals surface area contributed by atoms with E-state index in [0.717, 1.165) is 0 Å². The zero-order chi connectivity index (χ0) is 20.3. The molecule has 1 atom stereocenters. The summed E-state index contributed by atoms with van der Waals surface area (Å²) in [6.45, 7) is 1.50. The smallest absolute Gasteiger partial charge is 0.346 e. The monoisotopic (exact) mass is 384 g/mol. The van der Waals surface area contributed by atoms with Gasteiger partial charge < -0.3 is 23.4 Å². The maximum Gasteiger partial charge on any atom is 0.346 e. The molecule has 28 heavy (non-hydrogen) atoms. The van der Waals surface area contributed by atoms with E-state index in [1.54, 1.807) is 42.5 Å². The maximum absolute atomic E-state index is 13.1. The van der Waals surface area contributed by atoms with Gasteiger partial charge in [0.2, 0.25) is 11.2 Å². The van der Waals surface area contributed by atoms with Gasteiger partial charge in [-0.05, 0) is 37.3 Å². The van der Waals surface area contributed by atoms with Crippen LogP contribution < -0.4 is 19.6 Å². The number of fused-ring (bicyclic) bond motifs is 1. The average Bonchev–Trinajstić information content (AvgIpc) is 2.74. The number of carbonyl (C=O) groups is 1. The van der Waals surface area contributed by atoms with E-state index < -0.39 is 12.1 Å². The van der Waals surface area contributed by atoms with Gasteiger partial charge in [0.05, 0.1) is 26.7 Å². The second-order valence-corrected chi connectivity index (χ2v) is 5.94. The van der Waals surface area contributed by atoms with Crippen molar-refractivity contribution in [2.45, 2.75) is 13.0 Å². The molecule has 7 nitrogen and oxygen atoms in total. The summed E-state index contributed by atoms with van der Waals surface area (Å²) in [6, 6.07) is 11.9. The fourth-order valence-electron chi connectivity index (χ4n) is 2.79. The van der Waals surface area contributed by atoms with Crippen LogP contribution in [-0.2, 0) is 9.53 Å². The third-order valence-electron chi connectivity index (χ3n) is 4.23. The van der Waals surface area contributed by atoms with Gasteiger partial charge in [-0.25, -0.2) is 4.79 Å². The molecule has 0 N–H and O–H groups in total. The van der Waals surface area contributed by atoms with E-state index in [2.05, 4.69) is 0 Å². The summed E-state index contributed by atoms with van der Waals surface area (Å²) < 4.78 is 26.9. The fourth-order valence-corrected chi connectivity index (χ4v) is 2.79. The zero-order valence-electron chi connectivity index (χ0n) is 16.0. The van der Waals surface area contributed by atoms with Crippen LogP contribution in [0.5, 0.6) is 17.2 Å². The van der Waals surface area contributed by atoms with Crippen LogP contribution in [-0.4, -0.2) is 33.4 Å². The highest BCUT2D eigenvalue weighted by Crippen LogP contribution is 2.37. The summed E-state index contributed by atoms with van der Waals surface area (Å²) in [7, 11) is 4.29. The summed E-state index contributed by atoms with van der Waals surface area (Å²) in [5, 5.41) is 0.346. The van der Waals surface area contributed by atoms with Crippen LogP contribution in [0.25, 0.3) is 22.3 Å². The Labute approximate surface area is 161 Å². The molecule has 3 rings (SSSR count). The van der Waals surface area contributed by atoms with E-state index in [4.69, 9.17) is 23.4 Å². The Kier molecular flexibility index (Phi) is 5.54. The minimum atomic E-state index is -0.993. The third-order valence-corrected chi connectivity index (χ3v) is 4.23. The predicted molar refractivity (Wildman–Crippen MR) is 103 cm³/mol. The van der Waals surface area contributed by atoms with Gasteiger partial charge in [-0.3, -0.25) is 4.79 Å². The zero-order valence-corrected chi connectivity index (χ0v) is 16.0. The molecule has 146 valence electrons. The second-order valence-electron chi connectivity index (χ2n) is 5.94. The van der Waals surface area contributed by atoms with Crippen molar-refractivity contribution in [3.05, 3.63) is 52.7 Å². The van der Waals surface area contributed by atoms with Crippen molar-refractivity contribution >= 4 is 16.9 Å². The van der Waals surface area contributed by atoms with Gasteiger partial charge in [0.1, 0.15) is 5.58 Å². The molecule has 0 aliphatic rings. The van der Waals surface area contributed by atoms with Crippen molar-refractivity contribution in [2.24, 2.45) is 0 Å². The van der Waals surface area contributed by atoms with E-state index in [0.29, 0.717) is 28.0 Å². The lowest BCUT2D eigenvalue weighted by atomic mass is 10.1. The maximum atomic E-state index is 13.1. The molecule has 1 heterocycles. The van der Waals surface area contributed by atoms with E-state index in [1.807, 2.05) is 0 Å². The summed E-state index contributed by atoms with van der Waals surface area (Å²) in [5.41, 5.74) is 0.547. The molecule has 0 fully saturated rings. The Morgan fingerprint density at radius 1 is 1.00 bits per heavy atom. The number of methoxy groups -OCH3 is 3. The van der Waals surface area contributed by atoms with Crippen LogP contribution in [0.15, 0.2) is 51.7 Å². The fraction of sp³-hybridized carbons (Fsp3) is 0.238. The SMILES string of the molecule is COC(=O)[C@@H](C)Oc1c(-c2ccc(OC)c(OC)c2)oc2ccccc2c1=O. The number of hydrogen-bond acceptors (Lipinski definition) is 7. The Hall–Kier alpha value is -3.48. The highest BCUT2D eigenvalue weighted by molar-refractivity contribution is 5.83. The molecule has 1 aromatic heterocycles. The molecule has 0 aliphatic heterocycles. The van der Waals surface area contributed by atoms with Crippen molar-refractivity contribution in [3.63, 3.8) is 0 Å². The molecule has 7 heteroatoms. The Balaban J connectivity index is 2.24. The number of esters is 1. The van der Waals surface area contributed by atoms with Crippen LogP contribution in [0, 0.1) is 0 Å². The molecule has 0 spiro atoms. The molecule has 0 radical (unpaired) electrons. The molecule has 0 unspecified atom stereocenters. The molecule has 0 bridgehead atoms. The molecular weight excluding hydrogens is 364 g/mol. The van der Waals surface area contributed by atoms with Crippen molar-refractivity contribution in [2.75, 3.05) is 21.3 Å². The second kappa shape index (κ2) is 8.04. The van der Waals surface area contributed by atoms with E-state index in [9.17, 15) is 9.59 Å². The molecule has 0 amide bonds. The number of hydrogen-bond donors (Lipinski definition) is 0. The van der Waals surface area contributed by atoms with Crippen LogP contribution >= 0.6 is 0 Å². The largest absolute Gasteiger partial charge is 0.493 e. The number of rotatable bonds is 6. The highest BCUT2D eigenvalue weighted by Gasteiger charge is 2.24. The lowest BCUT2D eigenvalue weighted by molar-refractivity contribution is -0.147. The lowest BCUT2D eigenvalue weighted by Crippen LogP contribution is -2.27. The van der Waals surface area contributed by atoms with Crippen LogP contribution in [0.4, 0.5) is 0 Å². The third kappa shape index (κ3) is 3.51. The van der Waals surface area contributed by atoms with Gasteiger partial charge >= 0.3 is 5.97 Å². The summed E-state index contributed by atoms with van der Waals surface area (Å²) >= 11 is 0. The first kappa shape index (κ1) is 19.3. The minimum absolute atomic E-state index is 0.0798. The lowest BCUT2D eigenvalue weighted by Gasteiger charge is -2.16. The van der Waals surface area contributed by atoms with Gasteiger partial charge in [-0.2, -0.15) is 0 Å². The Bertz CT molecular complexity index is 1070. The molecule has 3 aromatic rings. The van der Waals surface area contributed by atoms with Gasteiger partial charge in [0, 0.05) is 5.56 Å². The first-order valence-corrected chi connectivity index (χ1v) is 8.52. The van der Waals surface area contributed by atoms with Gasteiger partial charge in [-0.1, -0.05) is 12.1 Å². The van der Waals surface area contributed by atoms with Gasteiger partial charge in [0.15, 0.2) is 23.4 Å². The van der Waals surface area contributed by atoms with Crippen molar-refractivity contribution < 1.29 is 28.2 Å². The molecule has 0 saturated carbocycles. The number of carbonyl (C=O) groups excluding carboxylic acids is 1. The predicted octanol–water partition coefficient (Wildman–Crippen LogP) is 3.42. The number of ether oxygens (including phenoxy) is 4. The normalized spacial score (nSPS) is 11.7. The van der Waals surface area contributed by atoms with Gasteiger partial charge in [0.25, 0.3) is 0 Å². The van der Waals surface area contributed by atoms with Crippen molar-refractivity contribution in [1.82, 2.24) is 0 Å². The number of benzene rings is 2. The molecule has 0 aliphatic carbocycles. The average molecular weight is 384 g/mol. The Morgan fingerprint density at radius 2 is 1.71 bits per heavy atom. The molecule has 0 saturated heterocycles. The van der Waals surface area contributed by atoms with Crippen LogP contribution in [0.1, 0.15) is 6.92 Å². The van der Waals surface area contributed by atoms with Gasteiger partial charge in [-0.15, -0.1) is 0 Å².